The van der Waals surface area contributed by atoms with Crippen molar-refractivity contribution in [3.05, 3.63) is 34.9 Å². The second kappa shape index (κ2) is 10.0. The SMILES string of the molecule is CNC(=O)CN(C(=O)O)C1CCN(CCC#Cc2ccc(Cl)cc2)CC1. The summed E-state index contributed by atoms with van der Waals surface area (Å²) < 4.78 is 0. The van der Waals surface area contributed by atoms with Crippen molar-refractivity contribution >= 4 is 23.6 Å². The van der Waals surface area contributed by atoms with Gasteiger partial charge < -0.3 is 15.3 Å². The van der Waals surface area contributed by atoms with Crippen molar-refractivity contribution < 1.29 is 14.7 Å². The normalized spacial score (nSPS) is 15.0. The molecule has 1 aliphatic rings. The first-order valence-electron chi connectivity index (χ1n) is 8.66. The number of nitrogens with one attached hydrogen (secondary N) is 1. The van der Waals surface area contributed by atoms with Gasteiger partial charge in [0.2, 0.25) is 5.91 Å². The van der Waals surface area contributed by atoms with Gasteiger partial charge in [-0.3, -0.25) is 9.69 Å². The average Bonchev–Trinajstić information content (AvgIpc) is 2.65. The first-order valence-corrected chi connectivity index (χ1v) is 9.04. The number of piperidine rings is 1. The predicted molar refractivity (Wildman–Crippen MR) is 101 cm³/mol. The number of nitrogens with zero attached hydrogens (tertiary/aromatic N) is 2. The molecule has 1 aromatic carbocycles. The molecule has 0 spiro atoms. The molecule has 2 rings (SSSR count). The molecule has 6 nitrogen and oxygen atoms in total. The van der Waals surface area contributed by atoms with E-state index in [2.05, 4.69) is 22.1 Å². The number of likely N-dealkylation sites (tertiary alicyclic amines) is 1. The van der Waals surface area contributed by atoms with Crippen LogP contribution >= 0.6 is 11.6 Å². The number of carbonyl (C=O) groups excluding carboxylic acids is 1. The van der Waals surface area contributed by atoms with E-state index < -0.39 is 6.09 Å². The molecule has 1 fully saturated rings. The van der Waals surface area contributed by atoms with Gasteiger partial charge in [-0.1, -0.05) is 23.4 Å². The fraction of sp³-hybridized carbons (Fsp3) is 0.474. The maximum Gasteiger partial charge on any atom is 0.408 e. The highest BCUT2D eigenvalue weighted by molar-refractivity contribution is 6.30. The van der Waals surface area contributed by atoms with Crippen molar-refractivity contribution in [1.29, 1.82) is 0 Å². The number of likely N-dealkylation sites (N-methyl/N-ethyl adjacent to an activating group) is 1. The molecule has 0 atom stereocenters. The highest BCUT2D eigenvalue weighted by Crippen LogP contribution is 2.17. The van der Waals surface area contributed by atoms with Crippen LogP contribution in [0.5, 0.6) is 0 Å². The maximum absolute atomic E-state index is 11.5. The van der Waals surface area contributed by atoms with Gasteiger partial charge in [0.05, 0.1) is 0 Å². The summed E-state index contributed by atoms with van der Waals surface area (Å²) in [5.41, 5.74) is 0.944. The fourth-order valence-electron chi connectivity index (χ4n) is 2.95. The Balaban J connectivity index is 1.76. The van der Waals surface area contributed by atoms with E-state index in [-0.39, 0.29) is 18.5 Å². The first kappa shape index (κ1) is 20.1. The van der Waals surface area contributed by atoms with Crippen molar-refractivity contribution in [1.82, 2.24) is 15.1 Å². The molecular weight excluding hydrogens is 354 g/mol. The number of carbonyl (C=O) groups is 2. The van der Waals surface area contributed by atoms with E-state index in [1.54, 1.807) is 0 Å². The summed E-state index contributed by atoms with van der Waals surface area (Å²) in [6, 6.07) is 7.33. The van der Waals surface area contributed by atoms with Crippen molar-refractivity contribution in [2.45, 2.75) is 25.3 Å². The van der Waals surface area contributed by atoms with Gasteiger partial charge in [-0.2, -0.15) is 0 Å². The molecule has 0 saturated carbocycles. The molecule has 1 aromatic rings. The lowest BCUT2D eigenvalue weighted by Crippen LogP contribution is -2.50. The minimum Gasteiger partial charge on any atom is -0.465 e. The Bertz CT molecular complexity index is 674. The molecule has 140 valence electrons. The van der Waals surface area contributed by atoms with E-state index in [0.717, 1.165) is 44.5 Å². The van der Waals surface area contributed by atoms with Crippen LogP contribution in [0.15, 0.2) is 24.3 Å². The highest BCUT2D eigenvalue weighted by atomic mass is 35.5. The third-order valence-electron chi connectivity index (χ3n) is 4.47. The van der Waals surface area contributed by atoms with Crippen LogP contribution in [0, 0.1) is 11.8 Å². The minimum absolute atomic E-state index is 0.108. The number of hydrogen-bond donors (Lipinski definition) is 2. The summed E-state index contributed by atoms with van der Waals surface area (Å²) in [6.07, 6.45) is 1.18. The number of benzene rings is 1. The van der Waals surface area contributed by atoms with Crippen LogP contribution in [-0.2, 0) is 4.79 Å². The monoisotopic (exact) mass is 377 g/mol. The summed E-state index contributed by atoms with van der Waals surface area (Å²) in [5.74, 6) is 5.99. The molecule has 0 aromatic heterocycles. The van der Waals surface area contributed by atoms with Crippen LogP contribution in [0.25, 0.3) is 0 Å². The lowest BCUT2D eigenvalue weighted by Gasteiger charge is -2.36. The van der Waals surface area contributed by atoms with Crippen molar-refractivity contribution in [3.63, 3.8) is 0 Å². The maximum atomic E-state index is 11.5. The third-order valence-corrected chi connectivity index (χ3v) is 4.72. The van der Waals surface area contributed by atoms with Crippen LogP contribution in [-0.4, -0.2) is 66.2 Å². The van der Waals surface area contributed by atoms with Gasteiger partial charge in [0, 0.05) is 49.7 Å². The summed E-state index contributed by atoms with van der Waals surface area (Å²) in [7, 11) is 1.51. The Kier molecular flexibility index (Phi) is 7.76. The number of rotatable bonds is 5. The van der Waals surface area contributed by atoms with Gasteiger partial charge in [-0.05, 0) is 37.1 Å². The second-order valence-electron chi connectivity index (χ2n) is 6.22. The van der Waals surface area contributed by atoms with Crippen LogP contribution in [0.1, 0.15) is 24.8 Å². The van der Waals surface area contributed by atoms with Gasteiger partial charge in [0.15, 0.2) is 0 Å². The predicted octanol–water partition coefficient (Wildman–Crippen LogP) is 2.27. The zero-order chi connectivity index (χ0) is 18.9. The summed E-state index contributed by atoms with van der Waals surface area (Å²) in [5, 5.41) is 12.5. The molecular formula is C19H24ClN3O3. The van der Waals surface area contributed by atoms with Crippen LogP contribution in [0.4, 0.5) is 4.79 Å². The molecule has 1 heterocycles. The highest BCUT2D eigenvalue weighted by Gasteiger charge is 2.28. The number of amides is 2. The van der Waals surface area contributed by atoms with Crippen molar-refractivity contribution in [2.75, 3.05) is 33.2 Å². The summed E-state index contributed by atoms with van der Waals surface area (Å²) in [4.78, 5) is 26.4. The first-order chi connectivity index (χ1) is 12.5. The van der Waals surface area contributed by atoms with Crippen LogP contribution < -0.4 is 5.32 Å². The van der Waals surface area contributed by atoms with E-state index in [1.807, 2.05) is 24.3 Å². The van der Waals surface area contributed by atoms with Gasteiger partial charge in [-0.15, -0.1) is 0 Å². The molecule has 26 heavy (non-hydrogen) atoms. The third kappa shape index (κ3) is 6.25. The molecule has 2 amide bonds. The quantitative estimate of drug-likeness (QED) is 0.772. The van der Waals surface area contributed by atoms with E-state index in [4.69, 9.17) is 11.6 Å². The smallest absolute Gasteiger partial charge is 0.408 e. The molecule has 7 heteroatoms. The topological polar surface area (TPSA) is 72.9 Å². The van der Waals surface area contributed by atoms with Gasteiger partial charge in [0.1, 0.15) is 6.54 Å². The number of carboxylic acid groups (broad SMARTS) is 1. The Morgan fingerprint density at radius 2 is 1.96 bits per heavy atom. The van der Waals surface area contributed by atoms with Crippen LogP contribution in [0.3, 0.4) is 0 Å². The average molecular weight is 378 g/mol. The van der Waals surface area contributed by atoms with E-state index in [1.165, 1.54) is 11.9 Å². The Labute approximate surface area is 159 Å². The van der Waals surface area contributed by atoms with Crippen molar-refractivity contribution in [2.24, 2.45) is 0 Å². The standard InChI is InChI=1S/C19H24ClN3O3/c1-21-18(24)14-23(19(25)26)17-9-12-22(13-10-17)11-3-2-4-15-5-7-16(20)8-6-15/h5-8,17H,3,9-14H2,1H3,(H,21,24)(H,25,26). The molecule has 0 aliphatic carbocycles. The minimum atomic E-state index is -1.04. The van der Waals surface area contributed by atoms with Crippen LogP contribution in [0.2, 0.25) is 5.02 Å². The molecule has 1 saturated heterocycles. The molecule has 0 bridgehead atoms. The summed E-state index contributed by atoms with van der Waals surface area (Å²) in [6.45, 7) is 2.37. The molecule has 0 radical (unpaired) electrons. The molecule has 2 N–H and O–H groups in total. The van der Waals surface area contributed by atoms with Gasteiger partial charge in [0.25, 0.3) is 0 Å². The fourth-order valence-corrected chi connectivity index (χ4v) is 3.08. The number of hydrogen-bond acceptors (Lipinski definition) is 3. The molecule has 0 unspecified atom stereocenters. The Hall–Kier alpha value is -2.23. The zero-order valence-corrected chi connectivity index (χ0v) is 15.6. The van der Waals surface area contributed by atoms with E-state index in [9.17, 15) is 14.7 Å². The van der Waals surface area contributed by atoms with Crippen molar-refractivity contribution in [3.8, 4) is 11.8 Å². The lowest BCUT2D eigenvalue weighted by atomic mass is 10.0. The van der Waals surface area contributed by atoms with Gasteiger partial charge >= 0.3 is 6.09 Å². The van der Waals surface area contributed by atoms with E-state index in [0.29, 0.717) is 5.02 Å². The van der Waals surface area contributed by atoms with E-state index >= 15 is 0 Å². The number of halogens is 1. The molecule has 1 aliphatic heterocycles. The summed E-state index contributed by atoms with van der Waals surface area (Å²) >= 11 is 5.85. The largest absolute Gasteiger partial charge is 0.465 e. The zero-order valence-electron chi connectivity index (χ0n) is 14.9. The Morgan fingerprint density at radius 3 is 2.54 bits per heavy atom. The lowest BCUT2D eigenvalue weighted by molar-refractivity contribution is -0.122. The van der Waals surface area contributed by atoms with Gasteiger partial charge in [-0.25, -0.2) is 4.79 Å². The second-order valence-corrected chi connectivity index (χ2v) is 6.65. The Morgan fingerprint density at radius 1 is 1.31 bits per heavy atom.